The minimum Gasteiger partial charge on any atom is -0.480 e. The first-order valence-electron chi connectivity index (χ1n) is 5.46. The Kier molecular flexibility index (Phi) is 5.16. The zero-order valence-electron chi connectivity index (χ0n) is 9.89. The van der Waals surface area contributed by atoms with E-state index in [0.717, 1.165) is 0 Å². The number of halogens is 3. The summed E-state index contributed by atoms with van der Waals surface area (Å²) in [6, 6.07) is -0.571. The molecular formula is C9H14F3NO5S. The molecule has 1 aliphatic heterocycles. The van der Waals surface area contributed by atoms with Gasteiger partial charge in [0.1, 0.15) is 0 Å². The smallest absolute Gasteiger partial charge is 0.480 e. The van der Waals surface area contributed by atoms with Crippen LogP contribution >= 0.6 is 0 Å². The van der Waals surface area contributed by atoms with Gasteiger partial charge in [0.25, 0.3) is 0 Å². The molecule has 0 bridgehead atoms. The molecule has 1 saturated heterocycles. The van der Waals surface area contributed by atoms with Gasteiger partial charge in [0, 0.05) is 12.6 Å². The van der Waals surface area contributed by atoms with Crippen molar-refractivity contribution in [2.24, 2.45) is 0 Å². The van der Waals surface area contributed by atoms with Crippen LogP contribution in [0.25, 0.3) is 0 Å². The van der Waals surface area contributed by atoms with Gasteiger partial charge >= 0.3 is 12.3 Å². The summed E-state index contributed by atoms with van der Waals surface area (Å²) in [6.07, 6.45) is -4.56. The number of hydrogen-bond donors (Lipinski definition) is 1. The van der Waals surface area contributed by atoms with Crippen LogP contribution in [0.3, 0.4) is 0 Å². The SMILES string of the molecule is O=C(O)CN(CCOC(F)(F)F)C1CCS(=O)(=O)C1. The summed E-state index contributed by atoms with van der Waals surface area (Å²) < 4.78 is 61.6. The first-order valence-corrected chi connectivity index (χ1v) is 7.28. The minimum atomic E-state index is -4.78. The Morgan fingerprint density at radius 2 is 2.05 bits per heavy atom. The Hall–Kier alpha value is -0.870. The molecule has 19 heavy (non-hydrogen) atoms. The van der Waals surface area contributed by atoms with E-state index in [1.807, 2.05) is 0 Å². The molecule has 0 aliphatic carbocycles. The zero-order chi connectivity index (χ0) is 14.7. The lowest BCUT2D eigenvalue weighted by atomic mass is 10.2. The highest BCUT2D eigenvalue weighted by Gasteiger charge is 2.34. The zero-order valence-corrected chi connectivity index (χ0v) is 10.7. The maximum Gasteiger partial charge on any atom is 0.522 e. The molecule has 0 amide bonds. The molecule has 0 aromatic carbocycles. The largest absolute Gasteiger partial charge is 0.522 e. The third-order valence-corrected chi connectivity index (χ3v) is 4.46. The van der Waals surface area contributed by atoms with Crippen LogP contribution in [0.5, 0.6) is 0 Å². The van der Waals surface area contributed by atoms with Gasteiger partial charge in [-0.15, -0.1) is 13.2 Å². The van der Waals surface area contributed by atoms with Crippen molar-refractivity contribution in [3.8, 4) is 0 Å². The van der Waals surface area contributed by atoms with Crippen molar-refractivity contribution in [2.45, 2.75) is 18.8 Å². The number of aliphatic carboxylic acids is 1. The first-order chi connectivity index (χ1) is 8.59. The number of hydrogen-bond acceptors (Lipinski definition) is 5. The van der Waals surface area contributed by atoms with Gasteiger partial charge in [0.2, 0.25) is 0 Å². The normalized spacial score (nSPS) is 22.8. The molecule has 1 atom stereocenters. The summed E-state index contributed by atoms with van der Waals surface area (Å²) in [5.74, 6) is -1.53. The van der Waals surface area contributed by atoms with E-state index < -0.39 is 41.4 Å². The summed E-state index contributed by atoms with van der Waals surface area (Å²) in [7, 11) is -3.23. The van der Waals surface area contributed by atoms with Crippen LogP contribution in [0.15, 0.2) is 0 Å². The van der Waals surface area contributed by atoms with Crippen LogP contribution in [0.4, 0.5) is 13.2 Å². The number of carbonyl (C=O) groups is 1. The van der Waals surface area contributed by atoms with Crippen LogP contribution in [-0.4, -0.2) is 68.0 Å². The van der Waals surface area contributed by atoms with Crippen LogP contribution in [0.1, 0.15) is 6.42 Å². The van der Waals surface area contributed by atoms with Gasteiger partial charge in [-0.2, -0.15) is 0 Å². The molecular weight excluding hydrogens is 291 g/mol. The Morgan fingerprint density at radius 1 is 1.42 bits per heavy atom. The molecule has 0 spiro atoms. The van der Waals surface area contributed by atoms with E-state index in [1.165, 1.54) is 4.90 Å². The average molecular weight is 305 g/mol. The highest BCUT2D eigenvalue weighted by molar-refractivity contribution is 7.91. The van der Waals surface area contributed by atoms with Gasteiger partial charge in [-0.05, 0) is 6.42 Å². The second-order valence-corrected chi connectivity index (χ2v) is 6.44. The number of rotatable bonds is 6. The van der Waals surface area contributed by atoms with E-state index in [-0.39, 0.29) is 24.5 Å². The molecule has 10 heteroatoms. The summed E-state index contributed by atoms with van der Waals surface area (Å²) in [5.41, 5.74) is 0. The van der Waals surface area contributed by atoms with Crippen LogP contribution in [0.2, 0.25) is 0 Å². The van der Waals surface area contributed by atoms with Crippen LogP contribution in [0, 0.1) is 0 Å². The highest BCUT2D eigenvalue weighted by Crippen LogP contribution is 2.19. The van der Waals surface area contributed by atoms with Crippen LogP contribution < -0.4 is 0 Å². The van der Waals surface area contributed by atoms with Crippen molar-refractivity contribution < 1.29 is 36.2 Å². The Morgan fingerprint density at radius 3 is 2.47 bits per heavy atom. The topological polar surface area (TPSA) is 83.9 Å². The Bertz CT molecular complexity index is 422. The molecule has 112 valence electrons. The molecule has 0 radical (unpaired) electrons. The highest BCUT2D eigenvalue weighted by atomic mass is 32.2. The fraction of sp³-hybridized carbons (Fsp3) is 0.889. The maximum atomic E-state index is 11.8. The van der Waals surface area contributed by atoms with Gasteiger partial charge in [0.05, 0.1) is 24.7 Å². The summed E-state index contributed by atoms with van der Waals surface area (Å²) >= 11 is 0. The van der Waals surface area contributed by atoms with Gasteiger partial charge in [0.15, 0.2) is 9.84 Å². The number of nitrogens with zero attached hydrogens (tertiary/aromatic N) is 1. The molecule has 0 aromatic rings. The van der Waals surface area contributed by atoms with E-state index in [4.69, 9.17) is 5.11 Å². The molecule has 0 aromatic heterocycles. The second-order valence-electron chi connectivity index (χ2n) is 4.22. The van der Waals surface area contributed by atoms with E-state index in [0.29, 0.717) is 0 Å². The van der Waals surface area contributed by atoms with Crippen molar-refractivity contribution in [3.63, 3.8) is 0 Å². The fourth-order valence-electron chi connectivity index (χ4n) is 1.91. The monoisotopic (exact) mass is 305 g/mol. The lowest BCUT2D eigenvalue weighted by Crippen LogP contribution is -2.42. The molecule has 6 nitrogen and oxygen atoms in total. The van der Waals surface area contributed by atoms with Crippen LogP contribution in [-0.2, 0) is 19.4 Å². The molecule has 0 saturated carbocycles. The molecule has 1 fully saturated rings. The third kappa shape index (κ3) is 6.21. The predicted molar refractivity (Wildman–Crippen MR) is 58.3 cm³/mol. The van der Waals surface area contributed by atoms with E-state index in [1.54, 1.807) is 0 Å². The van der Waals surface area contributed by atoms with Crippen molar-refractivity contribution >= 4 is 15.8 Å². The third-order valence-electron chi connectivity index (χ3n) is 2.71. The fourth-order valence-corrected chi connectivity index (χ4v) is 3.67. The average Bonchev–Trinajstić information content (AvgIpc) is 2.55. The molecule has 1 N–H and O–H groups in total. The van der Waals surface area contributed by atoms with Crippen molar-refractivity contribution in [1.82, 2.24) is 4.90 Å². The van der Waals surface area contributed by atoms with Crippen molar-refractivity contribution in [3.05, 3.63) is 0 Å². The van der Waals surface area contributed by atoms with Gasteiger partial charge in [-0.1, -0.05) is 0 Å². The van der Waals surface area contributed by atoms with Crippen molar-refractivity contribution in [1.29, 1.82) is 0 Å². The van der Waals surface area contributed by atoms with Crippen molar-refractivity contribution in [2.75, 3.05) is 31.2 Å². The lowest BCUT2D eigenvalue weighted by molar-refractivity contribution is -0.325. The lowest BCUT2D eigenvalue weighted by Gasteiger charge is -2.26. The summed E-state index contributed by atoms with van der Waals surface area (Å²) in [5, 5.41) is 8.68. The number of carboxylic acid groups (broad SMARTS) is 1. The first kappa shape index (κ1) is 16.2. The summed E-state index contributed by atoms with van der Waals surface area (Å²) in [6.45, 7) is -1.53. The molecule has 1 rings (SSSR count). The predicted octanol–water partition coefficient (Wildman–Crippen LogP) is 0.0965. The quantitative estimate of drug-likeness (QED) is 0.749. The number of sulfone groups is 1. The van der Waals surface area contributed by atoms with E-state index in [2.05, 4.69) is 4.74 Å². The Labute approximate surface area is 108 Å². The number of ether oxygens (including phenoxy) is 1. The standard InChI is InChI=1S/C9H14F3NO5S/c10-9(11,12)18-3-2-13(5-8(14)15)7-1-4-19(16,17)6-7/h7H,1-6H2,(H,14,15). The van der Waals surface area contributed by atoms with E-state index >= 15 is 0 Å². The number of alkyl halides is 3. The maximum absolute atomic E-state index is 11.8. The Balaban J connectivity index is 2.55. The molecule has 1 unspecified atom stereocenters. The number of carboxylic acids is 1. The van der Waals surface area contributed by atoms with Gasteiger partial charge in [-0.25, -0.2) is 8.42 Å². The minimum absolute atomic E-state index is 0.0755. The van der Waals surface area contributed by atoms with Gasteiger partial charge < -0.3 is 5.11 Å². The van der Waals surface area contributed by atoms with Gasteiger partial charge in [-0.3, -0.25) is 14.4 Å². The molecule has 1 heterocycles. The molecule has 1 aliphatic rings. The second kappa shape index (κ2) is 6.06. The summed E-state index contributed by atoms with van der Waals surface area (Å²) in [4.78, 5) is 11.8. The van der Waals surface area contributed by atoms with E-state index in [9.17, 15) is 26.4 Å².